The zero-order chi connectivity index (χ0) is 23.4. The van der Waals surface area contributed by atoms with Crippen molar-refractivity contribution in [2.75, 3.05) is 12.0 Å². The summed E-state index contributed by atoms with van der Waals surface area (Å²) in [5, 5.41) is 17.0. The molecule has 0 heterocycles. The van der Waals surface area contributed by atoms with Crippen LogP contribution in [0.2, 0.25) is 0 Å². The summed E-state index contributed by atoms with van der Waals surface area (Å²) < 4.78 is 0. The minimum Gasteiger partial charge on any atom is -0.480 e. The van der Waals surface area contributed by atoms with Crippen LogP contribution in [0, 0.1) is 11.8 Å². The predicted molar refractivity (Wildman–Crippen MR) is 119 cm³/mol. The molecule has 0 aromatic heterocycles. The Morgan fingerprint density at radius 1 is 0.900 bits per heavy atom. The first-order chi connectivity index (χ1) is 14.0. The van der Waals surface area contributed by atoms with Gasteiger partial charge in [-0.15, -0.1) is 0 Å². The van der Waals surface area contributed by atoms with E-state index in [0.29, 0.717) is 18.6 Å². The van der Waals surface area contributed by atoms with Crippen molar-refractivity contribution in [3.63, 3.8) is 0 Å². The van der Waals surface area contributed by atoms with Gasteiger partial charge in [0, 0.05) is 0 Å². The highest BCUT2D eigenvalue weighted by Crippen LogP contribution is 2.09. The Morgan fingerprint density at radius 3 is 1.93 bits per heavy atom. The Kier molecular flexibility index (Phi) is 13.4. The van der Waals surface area contributed by atoms with E-state index in [9.17, 15) is 24.3 Å². The Morgan fingerprint density at radius 2 is 1.47 bits per heavy atom. The number of nitrogens with one attached hydrogen (secondary N) is 3. The first-order valence-corrected chi connectivity index (χ1v) is 11.8. The van der Waals surface area contributed by atoms with Crippen molar-refractivity contribution in [2.45, 2.75) is 78.0 Å². The van der Waals surface area contributed by atoms with Gasteiger partial charge in [0.15, 0.2) is 0 Å². The van der Waals surface area contributed by atoms with Gasteiger partial charge in [0.05, 0.1) is 6.04 Å². The van der Waals surface area contributed by atoms with Crippen LogP contribution in [0.15, 0.2) is 0 Å². The molecule has 9 nitrogen and oxygen atoms in total. The summed E-state index contributed by atoms with van der Waals surface area (Å²) in [5.74, 6) is -2.30. The monoisotopic (exact) mass is 446 g/mol. The Balaban J connectivity index is 5.10. The number of aliphatic carboxylic acids is 1. The molecule has 0 radical (unpaired) electrons. The SMILES string of the molecule is CCC(C)C(N)C(=O)NC(CCSC)C(=O)NC(C)C(=O)NC(C(=O)O)C(C)CC. The van der Waals surface area contributed by atoms with Gasteiger partial charge in [-0.25, -0.2) is 4.79 Å². The zero-order valence-corrected chi connectivity index (χ0v) is 19.7. The fraction of sp³-hybridized carbons (Fsp3) is 0.800. The lowest BCUT2D eigenvalue weighted by Gasteiger charge is -2.25. The van der Waals surface area contributed by atoms with Crippen molar-refractivity contribution in [3.05, 3.63) is 0 Å². The summed E-state index contributed by atoms with van der Waals surface area (Å²) in [5.41, 5.74) is 5.95. The summed E-state index contributed by atoms with van der Waals surface area (Å²) in [7, 11) is 0. The number of carbonyl (C=O) groups is 4. The molecule has 6 unspecified atom stereocenters. The predicted octanol–water partition coefficient (Wildman–Crippen LogP) is 0.718. The molecule has 0 fully saturated rings. The van der Waals surface area contributed by atoms with E-state index in [1.807, 2.05) is 27.0 Å². The molecule has 0 rings (SSSR count). The van der Waals surface area contributed by atoms with Gasteiger partial charge < -0.3 is 26.8 Å². The van der Waals surface area contributed by atoms with Gasteiger partial charge in [0.1, 0.15) is 18.1 Å². The number of carbonyl (C=O) groups excluding carboxylic acids is 3. The van der Waals surface area contributed by atoms with E-state index in [-0.39, 0.29) is 11.8 Å². The molecule has 3 amide bonds. The standard InChI is InChI=1S/C20H38N4O5S/c1-7-11(3)15(21)19(27)23-14(9-10-30-6)18(26)22-13(5)17(25)24-16(20(28)29)12(4)8-2/h11-16H,7-10,21H2,1-6H3,(H,22,26)(H,23,27)(H,24,25)(H,28,29). The van der Waals surface area contributed by atoms with Crippen LogP contribution < -0.4 is 21.7 Å². The first-order valence-electron chi connectivity index (χ1n) is 10.4. The lowest BCUT2D eigenvalue weighted by molar-refractivity contribution is -0.143. The highest BCUT2D eigenvalue weighted by atomic mass is 32.2. The van der Waals surface area contributed by atoms with Crippen molar-refractivity contribution >= 4 is 35.5 Å². The molecule has 0 aromatic carbocycles. The number of carboxylic acids is 1. The number of amides is 3. The van der Waals surface area contributed by atoms with Crippen molar-refractivity contribution in [1.29, 1.82) is 0 Å². The highest BCUT2D eigenvalue weighted by Gasteiger charge is 2.30. The van der Waals surface area contributed by atoms with Crippen molar-refractivity contribution < 1.29 is 24.3 Å². The molecule has 0 aliphatic heterocycles. The van der Waals surface area contributed by atoms with Crippen LogP contribution in [-0.2, 0) is 19.2 Å². The average Bonchev–Trinajstić information content (AvgIpc) is 2.72. The molecule has 0 aliphatic carbocycles. The smallest absolute Gasteiger partial charge is 0.326 e. The lowest BCUT2D eigenvalue weighted by Crippen LogP contribution is -2.57. The summed E-state index contributed by atoms with van der Waals surface area (Å²) in [6.45, 7) is 8.84. The summed E-state index contributed by atoms with van der Waals surface area (Å²) >= 11 is 1.53. The van der Waals surface area contributed by atoms with Gasteiger partial charge >= 0.3 is 5.97 Å². The molecule has 10 heteroatoms. The fourth-order valence-corrected chi connectivity index (χ4v) is 3.10. The van der Waals surface area contributed by atoms with Crippen LogP contribution in [0.1, 0.15) is 53.9 Å². The maximum Gasteiger partial charge on any atom is 0.326 e. The van der Waals surface area contributed by atoms with Crippen LogP contribution in [0.4, 0.5) is 0 Å². The van der Waals surface area contributed by atoms with Gasteiger partial charge in [0.25, 0.3) is 0 Å². The summed E-state index contributed by atoms with van der Waals surface area (Å²) in [6, 6.07) is -3.56. The lowest BCUT2D eigenvalue weighted by atomic mass is 9.98. The third kappa shape index (κ3) is 9.34. The highest BCUT2D eigenvalue weighted by molar-refractivity contribution is 7.98. The molecule has 0 bridgehead atoms. The number of rotatable bonds is 14. The summed E-state index contributed by atoms with van der Waals surface area (Å²) in [6.07, 6.45) is 3.58. The van der Waals surface area contributed by atoms with Crippen molar-refractivity contribution in [2.24, 2.45) is 17.6 Å². The minimum atomic E-state index is -1.12. The normalized spacial score (nSPS) is 17.0. The molecule has 6 atom stereocenters. The Labute approximate surface area is 183 Å². The van der Waals surface area contributed by atoms with E-state index >= 15 is 0 Å². The van der Waals surface area contributed by atoms with E-state index in [2.05, 4.69) is 16.0 Å². The zero-order valence-electron chi connectivity index (χ0n) is 18.9. The number of hydrogen-bond acceptors (Lipinski definition) is 6. The van der Waals surface area contributed by atoms with Crippen LogP contribution in [0.5, 0.6) is 0 Å². The van der Waals surface area contributed by atoms with Gasteiger partial charge in [-0.05, 0) is 37.2 Å². The summed E-state index contributed by atoms with van der Waals surface area (Å²) in [4.78, 5) is 48.9. The van der Waals surface area contributed by atoms with E-state index in [1.54, 1.807) is 6.92 Å². The van der Waals surface area contributed by atoms with Crippen molar-refractivity contribution in [3.8, 4) is 0 Å². The van der Waals surface area contributed by atoms with Gasteiger partial charge in [-0.1, -0.05) is 40.5 Å². The van der Waals surface area contributed by atoms with Crippen LogP contribution >= 0.6 is 11.8 Å². The van der Waals surface area contributed by atoms with E-state index < -0.39 is 47.9 Å². The van der Waals surface area contributed by atoms with E-state index in [1.165, 1.54) is 18.7 Å². The maximum atomic E-state index is 12.7. The van der Waals surface area contributed by atoms with Gasteiger partial charge in [-0.2, -0.15) is 11.8 Å². The molecule has 174 valence electrons. The molecule has 6 N–H and O–H groups in total. The second kappa shape index (κ2) is 14.2. The molecular formula is C20H38N4O5S. The molecular weight excluding hydrogens is 408 g/mol. The van der Waals surface area contributed by atoms with Gasteiger partial charge in [0.2, 0.25) is 17.7 Å². The molecule has 0 saturated carbocycles. The van der Waals surface area contributed by atoms with Crippen LogP contribution in [0.25, 0.3) is 0 Å². The first kappa shape index (κ1) is 28.2. The average molecular weight is 447 g/mol. The second-order valence-electron chi connectivity index (χ2n) is 7.69. The topological polar surface area (TPSA) is 151 Å². The number of carboxylic acid groups (broad SMARTS) is 1. The van der Waals surface area contributed by atoms with Crippen LogP contribution in [0.3, 0.4) is 0 Å². The van der Waals surface area contributed by atoms with Crippen molar-refractivity contribution in [1.82, 2.24) is 16.0 Å². The molecule has 0 aromatic rings. The number of thioether (sulfide) groups is 1. The third-order valence-electron chi connectivity index (χ3n) is 5.33. The van der Waals surface area contributed by atoms with E-state index in [4.69, 9.17) is 5.73 Å². The van der Waals surface area contributed by atoms with Gasteiger partial charge in [-0.3, -0.25) is 14.4 Å². The quantitative estimate of drug-likeness (QED) is 0.264. The maximum absolute atomic E-state index is 12.7. The Hall–Kier alpha value is -1.81. The number of hydrogen-bond donors (Lipinski definition) is 5. The second-order valence-corrected chi connectivity index (χ2v) is 8.68. The molecule has 0 aliphatic rings. The van der Waals surface area contributed by atoms with Crippen LogP contribution in [-0.4, -0.2) is 65.0 Å². The minimum absolute atomic E-state index is 0.0347. The number of nitrogens with two attached hydrogens (primary N) is 1. The third-order valence-corrected chi connectivity index (χ3v) is 5.98. The molecule has 0 spiro atoms. The molecule has 0 saturated heterocycles. The largest absolute Gasteiger partial charge is 0.480 e. The van der Waals surface area contributed by atoms with E-state index in [0.717, 1.165) is 6.42 Å². The fourth-order valence-electron chi connectivity index (χ4n) is 2.63. The molecule has 30 heavy (non-hydrogen) atoms. The Bertz CT molecular complexity index is 590.